The lowest BCUT2D eigenvalue weighted by molar-refractivity contribution is -0.113. The standard InChI is InChI=1S/C29H29N5O3/c1-18-9-5-7-11-22(18)16-37-24-14-13-21(15-25(24)36-4)27-26(20(3)32-29-30-17-31-34(27)29)28(35)33-23-12-8-6-10-19(23)2/h5-15,17,27H,16H2,1-4H3,(H,33,35)(H,30,31,32). The number of amides is 1. The lowest BCUT2D eigenvalue weighted by Crippen LogP contribution is -2.31. The van der Waals surface area contributed by atoms with Gasteiger partial charge in [0.2, 0.25) is 5.95 Å². The molecule has 5 rings (SSSR count). The maximum Gasteiger partial charge on any atom is 0.255 e. The van der Waals surface area contributed by atoms with Crippen molar-refractivity contribution in [1.29, 1.82) is 0 Å². The first kappa shape index (κ1) is 24.1. The van der Waals surface area contributed by atoms with Gasteiger partial charge in [0.15, 0.2) is 11.5 Å². The zero-order valence-electron chi connectivity index (χ0n) is 21.3. The number of para-hydroxylation sites is 1. The Balaban J connectivity index is 1.49. The molecule has 0 bridgehead atoms. The summed E-state index contributed by atoms with van der Waals surface area (Å²) >= 11 is 0. The summed E-state index contributed by atoms with van der Waals surface area (Å²) < 4.78 is 13.5. The second-order valence-electron chi connectivity index (χ2n) is 8.99. The third kappa shape index (κ3) is 4.78. The predicted molar refractivity (Wildman–Crippen MR) is 143 cm³/mol. The second kappa shape index (κ2) is 10.2. The average molecular weight is 496 g/mol. The summed E-state index contributed by atoms with van der Waals surface area (Å²) in [5.74, 6) is 1.54. The summed E-state index contributed by atoms with van der Waals surface area (Å²) in [4.78, 5) is 18.0. The highest BCUT2D eigenvalue weighted by Crippen LogP contribution is 2.39. The van der Waals surface area contributed by atoms with Crippen molar-refractivity contribution >= 4 is 17.5 Å². The molecule has 1 aromatic heterocycles. The van der Waals surface area contributed by atoms with Crippen molar-refractivity contribution in [2.24, 2.45) is 0 Å². The van der Waals surface area contributed by atoms with Crippen molar-refractivity contribution in [2.75, 3.05) is 17.7 Å². The Morgan fingerprint density at radius 2 is 1.76 bits per heavy atom. The number of carbonyl (C=O) groups excluding carboxylic acids is 1. The number of aromatic nitrogens is 3. The number of rotatable bonds is 7. The van der Waals surface area contributed by atoms with Gasteiger partial charge in [0.1, 0.15) is 19.0 Å². The van der Waals surface area contributed by atoms with E-state index in [1.165, 1.54) is 6.33 Å². The molecular formula is C29H29N5O3. The molecule has 0 aliphatic carbocycles. The molecule has 1 atom stereocenters. The third-order valence-electron chi connectivity index (χ3n) is 6.58. The number of hydrogen-bond donors (Lipinski definition) is 2. The van der Waals surface area contributed by atoms with Crippen LogP contribution in [0.1, 0.15) is 35.2 Å². The summed E-state index contributed by atoms with van der Waals surface area (Å²) in [5, 5.41) is 10.7. The van der Waals surface area contributed by atoms with E-state index < -0.39 is 6.04 Å². The summed E-state index contributed by atoms with van der Waals surface area (Å²) in [7, 11) is 1.61. The number of benzene rings is 3. The van der Waals surface area contributed by atoms with Crippen LogP contribution in [0.3, 0.4) is 0 Å². The van der Waals surface area contributed by atoms with Crippen LogP contribution in [-0.2, 0) is 11.4 Å². The molecule has 3 aromatic carbocycles. The normalized spacial score (nSPS) is 14.5. The number of nitrogens with zero attached hydrogens (tertiary/aromatic N) is 3. The molecule has 8 nitrogen and oxygen atoms in total. The monoisotopic (exact) mass is 495 g/mol. The summed E-state index contributed by atoms with van der Waals surface area (Å²) in [5.41, 5.74) is 6.07. The molecule has 0 spiro atoms. The first-order chi connectivity index (χ1) is 18.0. The van der Waals surface area contributed by atoms with Crippen LogP contribution >= 0.6 is 0 Å². The number of methoxy groups -OCH3 is 1. The van der Waals surface area contributed by atoms with E-state index in [1.807, 2.05) is 74.5 Å². The highest BCUT2D eigenvalue weighted by molar-refractivity contribution is 6.06. The molecule has 1 aliphatic heterocycles. The fraction of sp³-hybridized carbons (Fsp3) is 0.207. The molecule has 188 valence electrons. The van der Waals surface area contributed by atoms with Crippen molar-refractivity contribution in [1.82, 2.24) is 14.8 Å². The summed E-state index contributed by atoms with van der Waals surface area (Å²) in [6.45, 7) is 6.31. The van der Waals surface area contributed by atoms with E-state index in [2.05, 4.69) is 33.7 Å². The Hall–Kier alpha value is -4.59. The van der Waals surface area contributed by atoms with Gasteiger partial charge in [-0.25, -0.2) is 4.68 Å². The molecule has 4 aromatic rings. The van der Waals surface area contributed by atoms with E-state index in [1.54, 1.807) is 11.8 Å². The van der Waals surface area contributed by atoms with Gasteiger partial charge in [-0.15, -0.1) is 0 Å². The average Bonchev–Trinajstić information content (AvgIpc) is 3.36. The maximum absolute atomic E-state index is 13.6. The molecule has 0 saturated heterocycles. The quantitative estimate of drug-likeness (QED) is 0.356. The number of carbonyl (C=O) groups is 1. The van der Waals surface area contributed by atoms with Crippen LogP contribution in [0.2, 0.25) is 0 Å². The van der Waals surface area contributed by atoms with Crippen molar-refractivity contribution in [3.63, 3.8) is 0 Å². The number of ether oxygens (including phenoxy) is 2. The van der Waals surface area contributed by atoms with Crippen LogP contribution < -0.4 is 20.1 Å². The molecular weight excluding hydrogens is 466 g/mol. The van der Waals surface area contributed by atoms with Crippen molar-refractivity contribution in [3.8, 4) is 11.5 Å². The first-order valence-electron chi connectivity index (χ1n) is 12.1. The predicted octanol–water partition coefficient (Wildman–Crippen LogP) is 5.41. The van der Waals surface area contributed by atoms with E-state index in [-0.39, 0.29) is 5.91 Å². The first-order valence-corrected chi connectivity index (χ1v) is 12.1. The molecule has 1 aliphatic rings. The van der Waals surface area contributed by atoms with E-state index in [0.29, 0.717) is 35.3 Å². The van der Waals surface area contributed by atoms with Gasteiger partial charge in [-0.3, -0.25) is 4.79 Å². The smallest absolute Gasteiger partial charge is 0.255 e. The zero-order valence-corrected chi connectivity index (χ0v) is 21.3. The van der Waals surface area contributed by atoms with Gasteiger partial charge in [0.25, 0.3) is 5.91 Å². The molecule has 2 heterocycles. The molecule has 0 saturated carbocycles. The number of nitrogens with one attached hydrogen (secondary N) is 2. The SMILES string of the molecule is COc1cc(C2C(C(=O)Nc3ccccc3C)=C(C)Nc3ncnn32)ccc1OCc1ccccc1C. The number of hydrogen-bond acceptors (Lipinski definition) is 6. The van der Waals surface area contributed by atoms with Gasteiger partial charge in [0, 0.05) is 11.4 Å². The molecule has 2 N–H and O–H groups in total. The van der Waals surface area contributed by atoms with E-state index in [4.69, 9.17) is 9.47 Å². The van der Waals surface area contributed by atoms with Gasteiger partial charge >= 0.3 is 0 Å². The fourth-order valence-corrected chi connectivity index (χ4v) is 4.50. The Morgan fingerprint density at radius 3 is 2.51 bits per heavy atom. The summed E-state index contributed by atoms with van der Waals surface area (Å²) in [6.07, 6.45) is 1.47. The number of allylic oxidation sites excluding steroid dienone is 1. The van der Waals surface area contributed by atoms with Gasteiger partial charge in [-0.1, -0.05) is 48.5 Å². The van der Waals surface area contributed by atoms with Crippen LogP contribution in [0.5, 0.6) is 11.5 Å². The van der Waals surface area contributed by atoms with E-state index in [0.717, 1.165) is 27.9 Å². The lowest BCUT2D eigenvalue weighted by atomic mass is 9.94. The highest BCUT2D eigenvalue weighted by atomic mass is 16.5. The topological polar surface area (TPSA) is 90.3 Å². The van der Waals surface area contributed by atoms with Gasteiger partial charge in [-0.2, -0.15) is 10.1 Å². The van der Waals surface area contributed by atoms with Crippen molar-refractivity contribution in [3.05, 3.63) is 107 Å². The zero-order chi connectivity index (χ0) is 25.9. The van der Waals surface area contributed by atoms with Crippen LogP contribution in [0, 0.1) is 13.8 Å². The lowest BCUT2D eigenvalue weighted by Gasteiger charge is -2.29. The highest BCUT2D eigenvalue weighted by Gasteiger charge is 2.34. The minimum atomic E-state index is -0.512. The molecule has 8 heteroatoms. The maximum atomic E-state index is 13.6. The number of fused-ring (bicyclic) bond motifs is 1. The Labute approximate surface area is 216 Å². The molecule has 37 heavy (non-hydrogen) atoms. The summed E-state index contributed by atoms with van der Waals surface area (Å²) in [6, 6.07) is 21.0. The Morgan fingerprint density at radius 1 is 1.00 bits per heavy atom. The third-order valence-corrected chi connectivity index (χ3v) is 6.58. The molecule has 1 unspecified atom stereocenters. The minimum Gasteiger partial charge on any atom is -0.493 e. The Kier molecular flexibility index (Phi) is 6.64. The van der Waals surface area contributed by atoms with Crippen molar-refractivity contribution in [2.45, 2.75) is 33.4 Å². The van der Waals surface area contributed by atoms with Gasteiger partial charge in [0.05, 0.1) is 12.7 Å². The molecule has 0 fully saturated rings. The van der Waals surface area contributed by atoms with Crippen LogP contribution in [0.4, 0.5) is 11.6 Å². The van der Waals surface area contributed by atoms with Crippen molar-refractivity contribution < 1.29 is 14.3 Å². The minimum absolute atomic E-state index is 0.218. The van der Waals surface area contributed by atoms with Gasteiger partial charge in [-0.05, 0) is 61.2 Å². The van der Waals surface area contributed by atoms with Crippen LogP contribution in [0.25, 0.3) is 0 Å². The largest absolute Gasteiger partial charge is 0.493 e. The number of anilines is 2. The molecule has 0 radical (unpaired) electrons. The van der Waals surface area contributed by atoms with E-state index in [9.17, 15) is 4.79 Å². The van der Waals surface area contributed by atoms with Gasteiger partial charge < -0.3 is 20.1 Å². The molecule has 1 amide bonds. The number of aryl methyl sites for hydroxylation is 2. The Bertz CT molecular complexity index is 1490. The van der Waals surface area contributed by atoms with E-state index >= 15 is 0 Å². The second-order valence-corrected chi connectivity index (χ2v) is 8.99. The fourth-order valence-electron chi connectivity index (χ4n) is 4.50. The van der Waals surface area contributed by atoms with Crippen LogP contribution in [-0.4, -0.2) is 27.8 Å². The van der Waals surface area contributed by atoms with Crippen LogP contribution in [0.15, 0.2) is 84.3 Å².